The molecule has 9 nitrogen and oxygen atoms in total. The molecule has 1 aliphatic carbocycles. The monoisotopic (exact) mass is 533 g/mol. The summed E-state index contributed by atoms with van der Waals surface area (Å²) in [5.41, 5.74) is 2.35. The molecular formula is C27H35NO8S. The third-order valence-electron chi connectivity index (χ3n) is 6.67. The van der Waals surface area contributed by atoms with E-state index in [2.05, 4.69) is 5.32 Å². The summed E-state index contributed by atoms with van der Waals surface area (Å²) in [6.07, 6.45) is 0.430. The summed E-state index contributed by atoms with van der Waals surface area (Å²) in [4.78, 5) is 40.1. The number of dihydropyridines is 1. The van der Waals surface area contributed by atoms with Crippen molar-refractivity contribution in [2.45, 2.75) is 33.1 Å². The molecule has 1 aliphatic heterocycles. The van der Waals surface area contributed by atoms with Crippen LogP contribution in [0.4, 0.5) is 0 Å². The van der Waals surface area contributed by atoms with Gasteiger partial charge >= 0.3 is 11.9 Å². The van der Waals surface area contributed by atoms with E-state index < -0.39 is 29.6 Å². The van der Waals surface area contributed by atoms with Gasteiger partial charge in [0.1, 0.15) is 18.3 Å². The van der Waals surface area contributed by atoms with Crippen molar-refractivity contribution in [2.75, 3.05) is 46.6 Å². The van der Waals surface area contributed by atoms with Gasteiger partial charge in [0.15, 0.2) is 17.3 Å². The minimum absolute atomic E-state index is 0.228. The lowest BCUT2D eigenvalue weighted by Gasteiger charge is -2.38. The first kappa shape index (κ1) is 28.4. The zero-order valence-electron chi connectivity index (χ0n) is 22.4. The number of carbonyl (C=O) groups is 3. The predicted molar refractivity (Wildman–Crippen MR) is 140 cm³/mol. The van der Waals surface area contributed by atoms with Gasteiger partial charge in [0.05, 0.1) is 39.9 Å². The summed E-state index contributed by atoms with van der Waals surface area (Å²) in [5, 5.41) is 3.26. The SMILES string of the molecule is CCSCCOC(=O)C1=C(C)NC2=C(C(=O)[C@H](C(=O)OC)[C@@H](C)C2)[C@@H]1c1cc(OC)c(OC)cc1OC. The summed E-state index contributed by atoms with van der Waals surface area (Å²) in [7, 11) is 5.78. The molecule has 0 fully saturated rings. The lowest BCUT2D eigenvalue weighted by atomic mass is 9.69. The van der Waals surface area contributed by atoms with Gasteiger partial charge in [-0.2, -0.15) is 11.8 Å². The first-order chi connectivity index (χ1) is 17.7. The molecule has 3 rings (SSSR count). The molecule has 0 amide bonds. The number of benzene rings is 1. The highest BCUT2D eigenvalue weighted by Crippen LogP contribution is 2.49. The second-order valence-corrected chi connectivity index (χ2v) is 10.2. The largest absolute Gasteiger partial charge is 0.496 e. The van der Waals surface area contributed by atoms with Crippen molar-refractivity contribution in [1.82, 2.24) is 5.32 Å². The molecule has 1 heterocycles. The number of Topliss-reactive ketones (excluding diaryl/α,β-unsaturated/α-hetero) is 1. The van der Waals surface area contributed by atoms with Crippen molar-refractivity contribution in [3.63, 3.8) is 0 Å². The molecule has 0 bridgehead atoms. The molecule has 1 aromatic carbocycles. The smallest absolute Gasteiger partial charge is 0.336 e. The number of nitrogens with one attached hydrogen (secondary N) is 1. The maximum Gasteiger partial charge on any atom is 0.336 e. The maximum atomic E-state index is 13.9. The van der Waals surface area contributed by atoms with Crippen LogP contribution in [-0.2, 0) is 23.9 Å². The zero-order chi connectivity index (χ0) is 27.3. The number of thioether (sulfide) groups is 1. The van der Waals surface area contributed by atoms with Crippen LogP contribution in [0.5, 0.6) is 17.2 Å². The molecule has 2 aliphatic rings. The van der Waals surface area contributed by atoms with Gasteiger partial charge in [-0.05, 0) is 31.1 Å². The van der Waals surface area contributed by atoms with E-state index in [1.807, 2.05) is 13.8 Å². The van der Waals surface area contributed by atoms with Gasteiger partial charge in [0.25, 0.3) is 0 Å². The maximum absolute atomic E-state index is 13.9. The van der Waals surface area contributed by atoms with E-state index in [1.54, 1.807) is 30.8 Å². The summed E-state index contributed by atoms with van der Waals surface area (Å²) >= 11 is 1.66. The highest BCUT2D eigenvalue weighted by atomic mass is 32.2. The van der Waals surface area contributed by atoms with Gasteiger partial charge in [-0.15, -0.1) is 0 Å². The Bertz CT molecular complexity index is 1130. The molecule has 3 atom stereocenters. The topological polar surface area (TPSA) is 109 Å². The summed E-state index contributed by atoms with van der Waals surface area (Å²) in [6.45, 7) is 5.88. The average Bonchev–Trinajstić information content (AvgIpc) is 2.89. The molecule has 0 spiro atoms. The molecule has 0 aromatic heterocycles. The van der Waals surface area contributed by atoms with Gasteiger partial charge in [-0.1, -0.05) is 13.8 Å². The minimum atomic E-state index is -0.990. The quantitative estimate of drug-likeness (QED) is 0.272. The van der Waals surface area contributed by atoms with Crippen molar-refractivity contribution >= 4 is 29.5 Å². The van der Waals surface area contributed by atoms with Crippen LogP contribution in [0.15, 0.2) is 34.7 Å². The number of methoxy groups -OCH3 is 4. The predicted octanol–water partition coefficient (Wildman–Crippen LogP) is 3.62. The van der Waals surface area contributed by atoms with Crippen molar-refractivity contribution < 1.29 is 38.1 Å². The van der Waals surface area contributed by atoms with Crippen LogP contribution in [0.2, 0.25) is 0 Å². The number of carbonyl (C=O) groups excluding carboxylic acids is 3. The fourth-order valence-corrected chi connectivity index (χ4v) is 5.45. The first-order valence-electron chi connectivity index (χ1n) is 12.1. The van der Waals surface area contributed by atoms with Crippen LogP contribution in [-0.4, -0.2) is 64.3 Å². The first-order valence-corrected chi connectivity index (χ1v) is 13.3. The van der Waals surface area contributed by atoms with Crippen LogP contribution in [0, 0.1) is 11.8 Å². The van der Waals surface area contributed by atoms with Crippen LogP contribution < -0.4 is 19.5 Å². The molecular weight excluding hydrogens is 498 g/mol. The van der Waals surface area contributed by atoms with Gasteiger partial charge in [-0.3, -0.25) is 9.59 Å². The molecule has 10 heteroatoms. The molecule has 0 unspecified atom stereocenters. The zero-order valence-corrected chi connectivity index (χ0v) is 23.2. The second kappa shape index (κ2) is 12.4. The van der Waals surface area contributed by atoms with E-state index in [0.29, 0.717) is 52.0 Å². The van der Waals surface area contributed by atoms with Crippen molar-refractivity contribution in [1.29, 1.82) is 0 Å². The fraction of sp³-hybridized carbons (Fsp3) is 0.519. The molecule has 0 saturated carbocycles. The number of hydrogen-bond acceptors (Lipinski definition) is 10. The Morgan fingerprint density at radius 3 is 2.30 bits per heavy atom. The normalized spacial score (nSPS) is 21.2. The number of hydrogen-bond donors (Lipinski definition) is 1. The Morgan fingerprint density at radius 1 is 1.05 bits per heavy atom. The summed E-state index contributed by atoms with van der Waals surface area (Å²) in [6, 6.07) is 3.35. The number of ether oxygens (including phenoxy) is 5. The highest BCUT2D eigenvalue weighted by molar-refractivity contribution is 7.99. The van der Waals surface area contributed by atoms with Crippen LogP contribution >= 0.6 is 11.8 Å². The van der Waals surface area contributed by atoms with Crippen LogP contribution in [0.25, 0.3) is 0 Å². The average molecular weight is 534 g/mol. The fourth-order valence-electron chi connectivity index (χ4n) is 4.96. The van der Waals surface area contributed by atoms with E-state index in [-0.39, 0.29) is 18.1 Å². The Morgan fingerprint density at radius 2 is 1.70 bits per heavy atom. The van der Waals surface area contributed by atoms with E-state index in [4.69, 9.17) is 23.7 Å². The van der Waals surface area contributed by atoms with Crippen molar-refractivity contribution in [3.05, 3.63) is 40.2 Å². The second-order valence-electron chi connectivity index (χ2n) is 8.82. The minimum Gasteiger partial charge on any atom is -0.496 e. The van der Waals surface area contributed by atoms with Crippen LogP contribution in [0.3, 0.4) is 0 Å². The van der Waals surface area contributed by atoms with E-state index in [0.717, 1.165) is 5.75 Å². The lowest BCUT2D eigenvalue weighted by molar-refractivity contribution is -0.151. The Hall–Kier alpha value is -3.14. The van der Waals surface area contributed by atoms with E-state index >= 15 is 0 Å². The molecule has 0 saturated heterocycles. The molecule has 37 heavy (non-hydrogen) atoms. The van der Waals surface area contributed by atoms with Gasteiger partial charge in [0, 0.05) is 34.3 Å². The molecule has 0 radical (unpaired) electrons. The summed E-state index contributed by atoms with van der Waals surface area (Å²) in [5.74, 6) is -0.873. The number of esters is 2. The molecule has 202 valence electrons. The Balaban J connectivity index is 2.23. The van der Waals surface area contributed by atoms with Gasteiger partial charge in [-0.25, -0.2) is 4.79 Å². The lowest BCUT2D eigenvalue weighted by Crippen LogP contribution is -2.43. The summed E-state index contributed by atoms with van der Waals surface area (Å²) < 4.78 is 27.3. The number of allylic oxidation sites excluding steroid dienone is 3. The van der Waals surface area contributed by atoms with Gasteiger partial charge in [0.2, 0.25) is 0 Å². The Kier molecular flexibility index (Phi) is 9.53. The third kappa shape index (κ3) is 5.58. The highest BCUT2D eigenvalue weighted by Gasteiger charge is 2.48. The number of rotatable bonds is 10. The molecule has 1 aromatic rings. The third-order valence-corrected chi connectivity index (χ3v) is 7.54. The van der Waals surface area contributed by atoms with Crippen molar-refractivity contribution in [2.24, 2.45) is 11.8 Å². The number of ketones is 1. The van der Waals surface area contributed by atoms with Gasteiger partial charge < -0.3 is 29.0 Å². The van der Waals surface area contributed by atoms with E-state index in [9.17, 15) is 14.4 Å². The van der Waals surface area contributed by atoms with E-state index in [1.165, 1.54) is 28.4 Å². The Labute approximate surface area is 221 Å². The van der Waals surface area contributed by atoms with Crippen molar-refractivity contribution in [3.8, 4) is 17.2 Å². The standard InChI is InChI=1S/C27H35NO8S/c1-8-37-10-9-36-27(31)22-15(3)28-17-11-14(2)21(26(30)35-7)25(29)24(17)23(22)16-12-19(33-5)20(34-6)13-18(16)32-4/h12-14,21,23,28H,8-11H2,1-7H3/t14-,21+,23+/m0/s1. The molecule has 1 N–H and O–H groups in total. The van der Waals surface area contributed by atoms with Crippen LogP contribution in [0.1, 0.15) is 38.7 Å².